The van der Waals surface area contributed by atoms with Gasteiger partial charge in [-0.3, -0.25) is 4.57 Å². The normalized spacial score (nSPS) is 12.3. The van der Waals surface area contributed by atoms with Gasteiger partial charge in [-0.2, -0.15) is 0 Å². The summed E-state index contributed by atoms with van der Waals surface area (Å²) in [6.45, 7) is 6.05. The summed E-state index contributed by atoms with van der Waals surface area (Å²) in [5, 5.41) is 3.68. The summed E-state index contributed by atoms with van der Waals surface area (Å²) in [6.07, 6.45) is 2.16. The summed E-state index contributed by atoms with van der Waals surface area (Å²) in [6, 6.07) is 25.4. The molecule has 3 nitrogen and oxygen atoms in total. The van der Waals surface area contributed by atoms with Crippen molar-refractivity contribution in [2.45, 2.75) is 6.92 Å². The Kier molecular flexibility index (Phi) is 3.69. The highest BCUT2D eigenvalue weighted by atomic mass is 15.1. The number of aryl methyl sites for hydroxylation is 1. The third kappa shape index (κ3) is 2.26. The molecule has 0 aliphatic rings. The van der Waals surface area contributed by atoms with Crippen LogP contribution in [0.5, 0.6) is 0 Å². The number of aliphatic imine (C=N–C) groups is 1. The number of hydrogen-bond acceptors (Lipinski definition) is 1. The highest BCUT2D eigenvalue weighted by molar-refractivity contribution is 6.11. The Labute approximate surface area is 163 Å². The van der Waals surface area contributed by atoms with Crippen LogP contribution in [-0.4, -0.2) is 15.9 Å². The highest BCUT2D eigenvalue weighted by Gasteiger charge is 2.15. The van der Waals surface area contributed by atoms with Crippen LogP contribution in [0.15, 0.2) is 77.8 Å². The smallest absolute Gasteiger partial charge is 0.137 e. The van der Waals surface area contributed by atoms with E-state index in [0.29, 0.717) is 0 Å². The van der Waals surface area contributed by atoms with E-state index < -0.39 is 0 Å². The molecule has 0 aliphatic carbocycles. The van der Waals surface area contributed by atoms with Crippen LogP contribution in [0.25, 0.3) is 44.6 Å². The van der Waals surface area contributed by atoms with E-state index in [0.717, 1.165) is 16.9 Å². The zero-order valence-corrected chi connectivity index (χ0v) is 16.1. The highest BCUT2D eigenvalue weighted by Crippen LogP contribution is 2.34. The van der Waals surface area contributed by atoms with Crippen LogP contribution in [0.4, 0.5) is 0 Å². The number of nitrogens with zero attached hydrogens (tertiary/aromatic N) is 3. The zero-order chi connectivity index (χ0) is 19.3. The van der Waals surface area contributed by atoms with Crippen molar-refractivity contribution in [2.75, 3.05) is 0 Å². The van der Waals surface area contributed by atoms with Crippen molar-refractivity contribution in [3.8, 4) is 0 Å². The molecule has 0 fully saturated rings. The van der Waals surface area contributed by atoms with Gasteiger partial charge in [0.15, 0.2) is 0 Å². The predicted octanol–water partition coefficient (Wildman–Crippen LogP) is 6.25. The third-order valence-corrected chi connectivity index (χ3v) is 5.69. The number of rotatable bonds is 3. The molecule has 0 saturated heterocycles. The summed E-state index contributed by atoms with van der Waals surface area (Å²) in [5.74, 6) is 0.830. The van der Waals surface area contributed by atoms with Gasteiger partial charge in [0.05, 0.1) is 11.0 Å². The van der Waals surface area contributed by atoms with Gasteiger partial charge >= 0.3 is 0 Å². The fourth-order valence-electron chi connectivity index (χ4n) is 4.21. The van der Waals surface area contributed by atoms with Crippen LogP contribution in [-0.2, 0) is 7.05 Å². The Morgan fingerprint density at radius 3 is 1.86 bits per heavy atom. The fourth-order valence-corrected chi connectivity index (χ4v) is 4.21. The van der Waals surface area contributed by atoms with Crippen molar-refractivity contribution in [3.05, 3.63) is 84.1 Å². The first-order valence-corrected chi connectivity index (χ1v) is 9.41. The summed E-state index contributed by atoms with van der Waals surface area (Å²) in [7, 11) is 2.11. The number of aromatic nitrogens is 2. The molecule has 0 radical (unpaired) electrons. The standard InChI is InChI=1S/C25H21N3/c1-17-21(20-12-4-7-13-22(20)27(17)3)16-25(26-2)28-23-14-8-5-10-18(23)19-11-6-9-15-24(19)28/h4-16H,2H2,1,3H3/b25-16+. The molecule has 3 heteroatoms. The molecule has 136 valence electrons. The van der Waals surface area contributed by atoms with E-state index in [2.05, 4.69) is 114 Å². The van der Waals surface area contributed by atoms with Gasteiger partial charge in [-0.05, 0) is 37.9 Å². The minimum Gasteiger partial charge on any atom is -0.347 e. The second-order valence-electron chi connectivity index (χ2n) is 7.11. The molecule has 2 aromatic heterocycles. The minimum absolute atomic E-state index is 0.830. The Morgan fingerprint density at radius 1 is 0.786 bits per heavy atom. The maximum absolute atomic E-state index is 4.45. The monoisotopic (exact) mass is 363 g/mol. The van der Waals surface area contributed by atoms with Crippen molar-refractivity contribution >= 4 is 51.3 Å². The molecule has 5 rings (SSSR count). The molecule has 0 N–H and O–H groups in total. The lowest BCUT2D eigenvalue weighted by Crippen LogP contribution is -1.95. The molecule has 0 unspecified atom stereocenters. The molecule has 0 amide bonds. The SMILES string of the molecule is C=N/C(=C\c1c(C)n(C)c2ccccc12)n1c2ccccc2c2ccccc21. The molecule has 0 bridgehead atoms. The summed E-state index contributed by atoms with van der Waals surface area (Å²) in [5.41, 5.74) is 5.89. The third-order valence-electron chi connectivity index (χ3n) is 5.69. The van der Waals surface area contributed by atoms with Gasteiger partial charge in [-0.1, -0.05) is 54.6 Å². The summed E-state index contributed by atoms with van der Waals surface area (Å²) in [4.78, 5) is 4.45. The average Bonchev–Trinajstić information content (AvgIpc) is 3.20. The maximum atomic E-state index is 4.45. The van der Waals surface area contributed by atoms with Crippen molar-refractivity contribution < 1.29 is 0 Å². The lowest BCUT2D eigenvalue weighted by molar-refractivity contribution is 0.916. The van der Waals surface area contributed by atoms with Gasteiger partial charge < -0.3 is 4.57 Å². The van der Waals surface area contributed by atoms with Gasteiger partial charge in [0, 0.05) is 40.0 Å². The molecule has 0 saturated carbocycles. The van der Waals surface area contributed by atoms with Gasteiger partial charge in [-0.15, -0.1) is 0 Å². The summed E-state index contributed by atoms with van der Waals surface area (Å²) >= 11 is 0. The zero-order valence-electron chi connectivity index (χ0n) is 16.1. The lowest BCUT2D eigenvalue weighted by atomic mass is 10.1. The van der Waals surface area contributed by atoms with Crippen molar-refractivity contribution in [1.82, 2.24) is 9.13 Å². The quantitative estimate of drug-likeness (QED) is 0.338. The average molecular weight is 363 g/mol. The van der Waals surface area contributed by atoms with E-state index in [4.69, 9.17) is 0 Å². The molecule has 0 atom stereocenters. The maximum Gasteiger partial charge on any atom is 0.137 e. The minimum atomic E-state index is 0.830. The van der Waals surface area contributed by atoms with Crippen LogP contribution in [0.2, 0.25) is 0 Å². The number of benzene rings is 3. The second kappa shape index (κ2) is 6.24. The topological polar surface area (TPSA) is 22.2 Å². The second-order valence-corrected chi connectivity index (χ2v) is 7.11. The van der Waals surface area contributed by atoms with E-state index in [1.54, 1.807) is 0 Å². The molecule has 0 spiro atoms. The van der Waals surface area contributed by atoms with Crippen LogP contribution >= 0.6 is 0 Å². The molecule has 2 heterocycles. The largest absolute Gasteiger partial charge is 0.347 e. The first kappa shape index (κ1) is 16.6. The van der Waals surface area contributed by atoms with Crippen LogP contribution in [0.1, 0.15) is 11.3 Å². The molecule has 5 aromatic rings. The van der Waals surface area contributed by atoms with E-state index in [1.807, 2.05) is 0 Å². The molecular weight excluding hydrogens is 342 g/mol. The van der Waals surface area contributed by atoms with E-state index in [1.165, 1.54) is 32.9 Å². The Bertz CT molecular complexity index is 1340. The van der Waals surface area contributed by atoms with E-state index in [9.17, 15) is 0 Å². The Morgan fingerprint density at radius 2 is 1.29 bits per heavy atom. The molecule has 28 heavy (non-hydrogen) atoms. The van der Waals surface area contributed by atoms with E-state index >= 15 is 0 Å². The Balaban J connectivity index is 1.86. The van der Waals surface area contributed by atoms with E-state index in [-0.39, 0.29) is 0 Å². The fraction of sp³-hybridized carbons (Fsp3) is 0.0800. The van der Waals surface area contributed by atoms with Gasteiger partial charge in [-0.25, -0.2) is 4.99 Å². The van der Waals surface area contributed by atoms with Crippen molar-refractivity contribution in [2.24, 2.45) is 12.0 Å². The number of hydrogen-bond donors (Lipinski definition) is 0. The predicted molar refractivity (Wildman–Crippen MR) is 121 cm³/mol. The Hall–Kier alpha value is -3.59. The van der Waals surface area contributed by atoms with Gasteiger partial charge in [0.2, 0.25) is 0 Å². The summed E-state index contributed by atoms with van der Waals surface area (Å²) < 4.78 is 4.44. The first-order chi connectivity index (χ1) is 13.7. The number of fused-ring (bicyclic) bond motifs is 4. The van der Waals surface area contributed by atoms with Crippen LogP contribution in [0, 0.1) is 6.92 Å². The van der Waals surface area contributed by atoms with Crippen molar-refractivity contribution in [3.63, 3.8) is 0 Å². The number of para-hydroxylation sites is 3. The first-order valence-electron chi connectivity index (χ1n) is 9.41. The molecule has 0 aliphatic heterocycles. The molecular formula is C25H21N3. The molecule has 3 aromatic carbocycles. The van der Waals surface area contributed by atoms with Gasteiger partial charge in [0.1, 0.15) is 5.82 Å². The lowest BCUT2D eigenvalue weighted by Gasteiger charge is -2.08. The van der Waals surface area contributed by atoms with Crippen molar-refractivity contribution in [1.29, 1.82) is 0 Å². The van der Waals surface area contributed by atoms with Crippen LogP contribution < -0.4 is 0 Å². The van der Waals surface area contributed by atoms with Gasteiger partial charge in [0.25, 0.3) is 0 Å². The van der Waals surface area contributed by atoms with Crippen LogP contribution in [0.3, 0.4) is 0 Å².